The third kappa shape index (κ3) is 4.42. The Kier molecular flexibility index (Phi) is 6.47. The van der Waals surface area contributed by atoms with Gasteiger partial charge in [-0.3, -0.25) is 4.79 Å². The molecule has 3 aromatic rings. The first-order valence-electron chi connectivity index (χ1n) is 9.44. The fraction of sp³-hybridized carbons (Fsp3) is 0.273. The predicted octanol–water partition coefficient (Wildman–Crippen LogP) is 5.59. The van der Waals surface area contributed by atoms with E-state index in [9.17, 15) is 9.18 Å². The van der Waals surface area contributed by atoms with Crippen molar-refractivity contribution in [3.8, 4) is 16.9 Å². The van der Waals surface area contributed by atoms with Crippen molar-refractivity contribution >= 4 is 17.5 Å². The Morgan fingerprint density at radius 2 is 1.75 bits per heavy atom. The van der Waals surface area contributed by atoms with Crippen molar-refractivity contribution in [2.75, 3.05) is 13.1 Å². The monoisotopic (exact) mass is 399 g/mol. The van der Waals surface area contributed by atoms with Gasteiger partial charge in [-0.25, -0.2) is 9.07 Å². The molecule has 146 valence electrons. The van der Waals surface area contributed by atoms with Crippen molar-refractivity contribution in [3.05, 3.63) is 71.1 Å². The minimum Gasteiger partial charge on any atom is -0.337 e. The summed E-state index contributed by atoms with van der Waals surface area (Å²) >= 11 is 6.15. The number of nitrogens with zero attached hydrogens (tertiary/aromatic N) is 3. The Hall–Kier alpha value is -2.66. The fourth-order valence-corrected chi connectivity index (χ4v) is 3.30. The summed E-state index contributed by atoms with van der Waals surface area (Å²) < 4.78 is 14.9. The van der Waals surface area contributed by atoms with E-state index in [4.69, 9.17) is 11.6 Å². The van der Waals surface area contributed by atoms with Crippen molar-refractivity contribution in [1.82, 2.24) is 14.7 Å². The lowest BCUT2D eigenvalue weighted by Gasteiger charge is -2.21. The molecule has 0 aliphatic rings. The summed E-state index contributed by atoms with van der Waals surface area (Å²) in [6.07, 6.45) is 1.75. The Balaban J connectivity index is 2.10. The highest BCUT2D eigenvalue weighted by atomic mass is 35.5. The van der Waals surface area contributed by atoms with Crippen LogP contribution in [0.5, 0.6) is 0 Å². The minimum absolute atomic E-state index is 0.0791. The van der Waals surface area contributed by atoms with Gasteiger partial charge in [0, 0.05) is 23.7 Å². The van der Waals surface area contributed by atoms with Gasteiger partial charge in [-0.2, -0.15) is 5.10 Å². The molecule has 28 heavy (non-hydrogen) atoms. The van der Waals surface area contributed by atoms with Gasteiger partial charge in [0.25, 0.3) is 5.91 Å². The van der Waals surface area contributed by atoms with Crippen LogP contribution in [0.4, 0.5) is 4.39 Å². The van der Waals surface area contributed by atoms with Gasteiger partial charge in [0.05, 0.1) is 11.4 Å². The summed E-state index contributed by atoms with van der Waals surface area (Å²) in [6.45, 7) is 5.46. The molecule has 0 spiro atoms. The SMILES string of the molecule is CCCN(CCC)C(=O)c1cc(-c2ccc(F)cc2)nn1-c1cccc(Cl)c1. The number of aromatic nitrogens is 2. The van der Waals surface area contributed by atoms with Gasteiger partial charge < -0.3 is 4.90 Å². The van der Waals surface area contributed by atoms with Crippen LogP contribution in [0.25, 0.3) is 16.9 Å². The van der Waals surface area contributed by atoms with Gasteiger partial charge >= 0.3 is 0 Å². The lowest BCUT2D eigenvalue weighted by molar-refractivity contribution is 0.0746. The van der Waals surface area contributed by atoms with Crippen molar-refractivity contribution in [2.24, 2.45) is 0 Å². The number of halogens is 2. The number of benzene rings is 2. The molecule has 0 fully saturated rings. The van der Waals surface area contributed by atoms with E-state index in [-0.39, 0.29) is 11.7 Å². The molecule has 0 atom stereocenters. The van der Waals surface area contributed by atoms with E-state index in [0.717, 1.165) is 18.4 Å². The quantitative estimate of drug-likeness (QED) is 0.519. The lowest BCUT2D eigenvalue weighted by Crippen LogP contribution is -2.33. The van der Waals surface area contributed by atoms with E-state index in [1.165, 1.54) is 12.1 Å². The topological polar surface area (TPSA) is 38.1 Å². The third-order valence-corrected chi connectivity index (χ3v) is 4.63. The average Bonchev–Trinajstić information content (AvgIpc) is 3.13. The van der Waals surface area contributed by atoms with E-state index < -0.39 is 0 Å². The van der Waals surface area contributed by atoms with Gasteiger partial charge in [-0.05, 0) is 61.4 Å². The lowest BCUT2D eigenvalue weighted by atomic mass is 10.1. The van der Waals surface area contributed by atoms with Crippen molar-refractivity contribution in [3.63, 3.8) is 0 Å². The Morgan fingerprint density at radius 3 is 2.36 bits per heavy atom. The summed E-state index contributed by atoms with van der Waals surface area (Å²) in [7, 11) is 0. The van der Waals surface area contributed by atoms with Crippen LogP contribution in [-0.2, 0) is 0 Å². The minimum atomic E-state index is -0.314. The zero-order chi connectivity index (χ0) is 20.1. The van der Waals surface area contributed by atoms with E-state index >= 15 is 0 Å². The first kappa shape index (κ1) is 20.1. The molecular weight excluding hydrogens is 377 g/mol. The zero-order valence-corrected chi connectivity index (χ0v) is 16.8. The summed E-state index contributed by atoms with van der Waals surface area (Å²) in [4.78, 5) is 15.1. The van der Waals surface area contributed by atoms with Crippen LogP contribution in [0.2, 0.25) is 5.02 Å². The van der Waals surface area contributed by atoms with Gasteiger partial charge in [-0.15, -0.1) is 0 Å². The smallest absolute Gasteiger partial charge is 0.272 e. The van der Waals surface area contributed by atoms with Crippen molar-refractivity contribution < 1.29 is 9.18 Å². The Labute approximate surface area is 169 Å². The maximum atomic E-state index is 13.3. The van der Waals surface area contributed by atoms with Gasteiger partial charge in [0.15, 0.2) is 0 Å². The molecule has 0 aliphatic carbocycles. The van der Waals surface area contributed by atoms with E-state index in [2.05, 4.69) is 5.10 Å². The van der Waals surface area contributed by atoms with Crippen LogP contribution in [0.1, 0.15) is 37.2 Å². The molecule has 2 aromatic carbocycles. The average molecular weight is 400 g/mol. The summed E-state index contributed by atoms with van der Waals surface area (Å²) in [5, 5.41) is 5.20. The largest absolute Gasteiger partial charge is 0.337 e. The molecule has 6 heteroatoms. The van der Waals surface area contributed by atoms with Gasteiger partial charge in [0.1, 0.15) is 11.5 Å². The molecule has 0 saturated heterocycles. The number of hydrogen-bond donors (Lipinski definition) is 0. The Bertz CT molecular complexity index is 947. The van der Waals surface area contributed by atoms with Crippen molar-refractivity contribution in [2.45, 2.75) is 26.7 Å². The molecule has 1 aromatic heterocycles. The summed E-state index contributed by atoms with van der Waals surface area (Å²) in [5.41, 5.74) is 2.52. The predicted molar refractivity (Wildman–Crippen MR) is 110 cm³/mol. The molecule has 0 unspecified atom stereocenters. The highest BCUT2D eigenvalue weighted by Gasteiger charge is 2.22. The number of hydrogen-bond acceptors (Lipinski definition) is 2. The fourth-order valence-electron chi connectivity index (χ4n) is 3.12. The summed E-state index contributed by atoms with van der Waals surface area (Å²) in [6, 6.07) is 15.1. The second kappa shape index (κ2) is 9.02. The van der Waals surface area contributed by atoms with E-state index in [0.29, 0.717) is 35.2 Å². The number of carbonyl (C=O) groups excluding carboxylic acids is 1. The molecule has 4 nitrogen and oxygen atoms in total. The first-order valence-corrected chi connectivity index (χ1v) is 9.82. The van der Waals surface area contributed by atoms with E-state index in [1.807, 2.05) is 30.9 Å². The van der Waals surface area contributed by atoms with E-state index in [1.54, 1.807) is 35.0 Å². The van der Waals surface area contributed by atoms with Crippen LogP contribution in [0.3, 0.4) is 0 Å². The standard InChI is InChI=1S/C22H23ClFN3O/c1-3-12-26(13-4-2)22(28)21-15-20(16-8-10-18(24)11-9-16)25-27(21)19-7-5-6-17(23)14-19/h5-11,14-15H,3-4,12-13H2,1-2H3. The van der Waals surface area contributed by atoms with Crippen LogP contribution in [0, 0.1) is 5.82 Å². The van der Waals surface area contributed by atoms with Gasteiger partial charge in [0.2, 0.25) is 0 Å². The van der Waals surface area contributed by atoms with Crippen LogP contribution in [0.15, 0.2) is 54.6 Å². The number of amides is 1. The molecular formula is C22H23ClFN3O. The number of carbonyl (C=O) groups is 1. The second-order valence-electron chi connectivity index (χ2n) is 6.61. The maximum absolute atomic E-state index is 13.3. The molecule has 0 bridgehead atoms. The highest BCUT2D eigenvalue weighted by Crippen LogP contribution is 2.24. The normalized spacial score (nSPS) is 10.9. The van der Waals surface area contributed by atoms with Crippen LogP contribution >= 0.6 is 11.6 Å². The van der Waals surface area contributed by atoms with Crippen molar-refractivity contribution in [1.29, 1.82) is 0 Å². The molecule has 0 aliphatic heterocycles. The number of rotatable bonds is 7. The second-order valence-corrected chi connectivity index (χ2v) is 7.04. The molecule has 0 N–H and O–H groups in total. The molecule has 0 saturated carbocycles. The molecule has 0 radical (unpaired) electrons. The maximum Gasteiger partial charge on any atom is 0.272 e. The molecule has 3 rings (SSSR count). The molecule has 1 heterocycles. The highest BCUT2D eigenvalue weighted by molar-refractivity contribution is 6.30. The Morgan fingerprint density at radius 1 is 1.07 bits per heavy atom. The van der Waals surface area contributed by atoms with Gasteiger partial charge in [-0.1, -0.05) is 31.5 Å². The first-order chi connectivity index (χ1) is 13.5. The van der Waals surface area contributed by atoms with Crippen LogP contribution in [-0.4, -0.2) is 33.7 Å². The molecule has 1 amide bonds. The van der Waals surface area contributed by atoms with Crippen LogP contribution < -0.4 is 0 Å². The zero-order valence-electron chi connectivity index (χ0n) is 16.0. The third-order valence-electron chi connectivity index (χ3n) is 4.40. The summed E-state index contributed by atoms with van der Waals surface area (Å²) in [5.74, 6) is -0.393.